The van der Waals surface area contributed by atoms with Crippen LogP contribution in [0.1, 0.15) is 56.7 Å². The standard InChI is InChI=1S/C17H23N5O3S/c1-21-14(11-5-6-11)19-20-16(21)26-10-13(24)22-9-12(23)18-15(25)17(22)7-3-2-4-8-17/h11H,2-10H2,1H3,(H,18,23,25). The fourth-order valence-corrected chi connectivity index (χ4v) is 4.81. The van der Waals surface area contributed by atoms with E-state index >= 15 is 0 Å². The molecule has 1 spiro atoms. The maximum atomic E-state index is 12.9. The summed E-state index contributed by atoms with van der Waals surface area (Å²) in [4.78, 5) is 38.8. The van der Waals surface area contributed by atoms with Gasteiger partial charge in [0, 0.05) is 13.0 Å². The Morgan fingerprint density at radius 1 is 1.23 bits per heavy atom. The molecule has 2 aliphatic carbocycles. The maximum Gasteiger partial charge on any atom is 0.252 e. The van der Waals surface area contributed by atoms with E-state index in [-0.39, 0.29) is 24.1 Å². The fourth-order valence-electron chi connectivity index (χ4n) is 4.01. The molecule has 1 aromatic heterocycles. The van der Waals surface area contributed by atoms with E-state index in [0.29, 0.717) is 23.9 Å². The normalized spacial score (nSPS) is 22.6. The molecule has 8 nitrogen and oxygen atoms in total. The molecular weight excluding hydrogens is 354 g/mol. The number of hydrogen-bond donors (Lipinski definition) is 1. The van der Waals surface area contributed by atoms with Gasteiger partial charge in [-0.2, -0.15) is 0 Å². The average molecular weight is 377 g/mol. The highest BCUT2D eigenvalue weighted by atomic mass is 32.2. The Bertz CT molecular complexity index is 752. The lowest BCUT2D eigenvalue weighted by Crippen LogP contribution is -2.69. The lowest BCUT2D eigenvalue weighted by atomic mass is 9.78. The summed E-state index contributed by atoms with van der Waals surface area (Å²) in [5, 5.41) is 11.5. The topological polar surface area (TPSA) is 97.2 Å². The molecule has 0 bridgehead atoms. The van der Waals surface area contributed by atoms with Gasteiger partial charge >= 0.3 is 0 Å². The number of carbonyl (C=O) groups is 3. The van der Waals surface area contributed by atoms with Crippen molar-refractivity contribution in [3.05, 3.63) is 5.82 Å². The second-order valence-electron chi connectivity index (χ2n) is 7.41. The van der Waals surface area contributed by atoms with Gasteiger partial charge in [0.2, 0.25) is 11.8 Å². The molecule has 1 N–H and O–H groups in total. The second kappa shape index (κ2) is 6.68. The summed E-state index contributed by atoms with van der Waals surface area (Å²) >= 11 is 1.32. The number of piperazine rings is 1. The number of nitrogens with zero attached hydrogens (tertiary/aromatic N) is 4. The highest BCUT2D eigenvalue weighted by molar-refractivity contribution is 7.99. The van der Waals surface area contributed by atoms with E-state index < -0.39 is 11.4 Å². The van der Waals surface area contributed by atoms with E-state index in [1.54, 1.807) is 0 Å². The first-order chi connectivity index (χ1) is 12.5. The molecule has 0 radical (unpaired) electrons. The zero-order valence-corrected chi connectivity index (χ0v) is 15.7. The van der Waals surface area contributed by atoms with Gasteiger partial charge in [-0.25, -0.2) is 0 Å². The van der Waals surface area contributed by atoms with Crippen molar-refractivity contribution < 1.29 is 14.4 Å². The van der Waals surface area contributed by atoms with E-state index in [1.165, 1.54) is 16.7 Å². The molecule has 26 heavy (non-hydrogen) atoms. The van der Waals surface area contributed by atoms with Crippen LogP contribution in [0.4, 0.5) is 0 Å². The van der Waals surface area contributed by atoms with Crippen LogP contribution in [-0.4, -0.2) is 55.2 Å². The molecule has 3 amide bonds. The van der Waals surface area contributed by atoms with Crippen LogP contribution < -0.4 is 5.32 Å². The van der Waals surface area contributed by atoms with Gasteiger partial charge in [0.15, 0.2) is 5.16 Å². The quantitative estimate of drug-likeness (QED) is 0.620. The van der Waals surface area contributed by atoms with Crippen LogP contribution in [0.3, 0.4) is 0 Å². The molecule has 2 saturated carbocycles. The number of aromatic nitrogens is 3. The number of amides is 3. The van der Waals surface area contributed by atoms with Gasteiger partial charge in [-0.1, -0.05) is 31.0 Å². The number of imide groups is 1. The van der Waals surface area contributed by atoms with Gasteiger partial charge in [0.25, 0.3) is 5.91 Å². The number of hydrogen-bond acceptors (Lipinski definition) is 6. The molecule has 0 atom stereocenters. The number of thioether (sulfide) groups is 1. The monoisotopic (exact) mass is 377 g/mol. The summed E-state index contributed by atoms with van der Waals surface area (Å²) < 4.78 is 1.94. The van der Waals surface area contributed by atoms with E-state index in [9.17, 15) is 14.4 Å². The van der Waals surface area contributed by atoms with E-state index in [4.69, 9.17) is 0 Å². The summed E-state index contributed by atoms with van der Waals surface area (Å²) in [6.45, 7) is -0.0444. The lowest BCUT2D eigenvalue weighted by molar-refractivity contribution is -0.158. The third-order valence-electron chi connectivity index (χ3n) is 5.61. The van der Waals surface area contributed by atoms with E-state index in [0.717, 1.165) is 37.9 Å². The summed E-state index contributed by atoms with van der Waals surface area (Å²) in [7, 11) is 1.92. The Hall–Kier alpha value is -1.90. The largest absolute Gasteiger partial charge is 0.318 e. The summed E-state index contributed by atoms with van der Waals surface area (Å²) in [5.41, 5.74) is -0.858. The van der Waals surface area contributed by atoms with Crippen LogP contribution in [0.5, 0.6) is 0 Å². The highest BCUT2D eigenvalue weighted by Crippen LogP contribution is 2.40. The predicted molar refractivity (Wildman–Crippen MR) is 94.4 cm³/mol. The minimum atomic E-state index is -0.858. The van der Waals surface area contributed by atoms with Crippen LogP contribution >= 0.6 is 11.8 Å². The zero-order valence-electron chi connectivity index (χ0n) is 14.9. The highest BCUT2D eigenvalue weighted by Gasteiger charge is 2.50. The number of rotatable bonds is 4. The number of nitrogens with one attached hydrogen (secondary N) is 1. The molecule has 4 rings (SSSR count). The lowest BCUT2D eigenvalue weighted by Gasteiger charge is -2.47. The Balaban J connectivity index is 1.48. The molecular formula is C17H23N5O3S. The Labute approximate surface area is 156 Å². The van der Waals surface area contributed by atoms with Gasteiger partial charge in [-0.05, 0) is 25.7 Å². The fraction of sp³-hybridized carbons (Fsp3) is 0.706. The summed E-state index contributed by atoms with van der Waals surface area (Å²) in [6.07, 6.45) is 6.38. The van der Waals surface area contributed by atoms with Gasteiger partial charge in [-0.3, -0.25) is 19.7 Å². The van der Waals surface area contributed by atoms with Crippen LogP contribution in [0, 0.1) is 0 Å². The van der Waals surface area contributed by atoms with Gasteiger partial charge in [0.1, 0.15) is 17.9 Å². The first-order valence-corrected chi connectivity index (χ1v) is 10.2. The molecule has 2 heterocycles. The van der Waals surface area contributed by atoms with Crippen molar-refractivity contribution in [2.75, 3.05) is 12.3 Å². The van der Waals surface area contributed by atoms with Crippen LogP contribution in [0.25, 0.3) is 0 Å². The minimum absolute atomic E-state index is 0.0444. The zero-order chi connectivity index (χ0) is 18.3. The molecule has 0 unspecified atom stereocenters. The third kappa shape index (κ3) is 3.02. The SMILES string of the molecule is Cn1c(SCC(=O)N2CC(=O)NC(=O)C23CCCCC3)nnc1C1CC1. The average Bonchev–Trinajstić information content (AvgIpc) is 3.40. The molecule has 3 fully saturated rings. The van der Waals surface area contributed by atoms with Crippen molar-refractivity contribution in [1.29, 1.82) is 0 Å². The molecule has 0 aromatic carbocycles. The molecule has 1 aromatic rings. The third-order valence-corrected chi connectivity index (χ3v) is 6.62. The van der Waals surface area contributed by atoms with Crippen molar-refractivity contribution in [1.82, 2.24) is 25.0 Å². The Morgan fingerprint density at radius 3 is 2.65 bits per heavy atom. The Morgan fingerprint density at radius 2 is 1.96 bits per heavy atom. The number of carbonyl (C=O) groups excluding carboxylic acids is 3. The van der Waals surface area contributed by atoms with Crippen molar-refractivity contribution in [2.24, 2.45) is 7.05 Å². The second-order valence-corrected chi connectivity index (χ2v) is 8.35. The van der Waals surface area contributed by atoms with Crippen LogP contribution in [0.2, 0.25) is 0 Å². The molecule has 9 heteroatoms. The maximum absolute atomic E-state index is 12.9. The van der Waals surface area contributed by atoms with E-state index in [1.807, 2.05) is 11.6 Å². The van der Waals surface area contributed by atoms with Crippen molar-refractivity contribution in [3.8, 4) is 0 Å². The van der Waals surface area contributed by atoms with Gasteiger partial charge in [0.05, 0.1) is 5.75 Å². The first-order valence-electron chi connectivity index (χ1n) is 9.18. The van der Waals surface area contributed by atoms with Crippen molar-refractivity contribution in [3.63, 3.8) is 0 Å². The molecule has 1 aliphatic heterocycles. The summed E-state index contributed by atoms with van der Waals surface area (Å²) in [6, 6.07) is 0. The van der Waals surface area contributed by atoms with Gasteiger partial charge in [-0.15, -0.1) is 10.2 Å². The molecule has 3 aliphatic rings. The summed E-state index contributed by atoms with van der Waals surface area (Å²) in [5.74, 6) is 0.707. The minimum Gasteiger partial charge on any atom is -0.318 e. The predicted octanol–water partition coefficient (Wildman–Crippen LogP) is 0.972. The van der Waals surface area contributed by atoms with Crippen molar-refractivity contribution in [2.45, 2.75) is 61.6 Å². The molecule has 140 valence electrons. The Kier molecular flexibility index (Phi) is 4.50. The first kappa shape index (κ1) is 17.5. The smallest absolute Gasteiger partial charge is 0.252 e. The van der Waals surface area contributed by atoms with E-state index in [2.05, 4.69) is 15.5 Å². The van der Waals surface area contributed by atoms with Crippen LogP contribution in [-0.2, 0) is 21.4 Å². The molecule has 1 saturated heterocycles. The van der Waals surface area contributed by atoms with Crippen LogP contribution in [0.15, 0.2) is 5.16 Å². The van der Waals surface area contributed by atoms with Gasteiger partial charge < -0.3 is 9.47 Å². The van der Waals surface area contributed by atoms with Crippen molar-refractivity contribution >= 4 is 29.5 Å².